The monoisotopic (exact) mass is 366 g/mol. The lowest BCUT2D eigenvalue weighted by Gasteiger charge is -2.09. The molecule has 9 heteroatoms. The number of carbonyl (C=O) groups excluding carboxylic acids is 2. The number of nitro benzene ring substituents is 1. The molecule has 136 valence electrons. The molecule has 0 spiro atoms. The van der Waals surface area contributed by atoms with Crippen molar-refractivity contribution in [1.29, 1.82) is 0 Å². The fourth-order valence-corrected chi connectivity index (χ4v) is 2.40. The molecule has 0 aliphatic carbocycles. The van der Waals surface area contributed by atoms with Gasteiger partial charge >= 0.3 is 5.97 Å². The maximum atomic E-state index is 12.1. The minimum atomic E-state index is -0.792. The van der Waals surface area contributed by atoms with Crippen LogP contribution in [0.15, 0.2) is 48.7 Å². The largest absolute Gasteiger partial charge is 0.451 e. The Morgan fingerprint density at radius 2 is 1.89 bits per heavy atom. The van der Waals surface area contributed by atoms with Gasteiger partial charge in [0.15, 0.2) is 12.3 Å². The summed E-state index contributed by atoms with van der Waals surface area (Å²) in [5.41, 5.74) is 1.61. The van der Waals surface area contributed by atoms with Crippen LogP contribution in [0.4, 0.5) is 11.4 Å². The molecule has 0 fully saturated rings. The summed E-state index contributed by atoms with van der Waals surface area (Å²) in [6.07, 6.45) is 1.27. The number of nitrogens with zero attached hydrogens (tertiary/aromatic N) is 3. The first-order valence-electron chi connectivity index (χ1n) is 7.88. The Hall–Kier alpha value is -3.88. The van der Waals surface area contributed by atoms with Gasteiger partial charge in [-0.2, -0.15) is 0 Å². The number of nitrogens with one attached hydrogen (secondary N) is 1. The van der Waals surface area contributed by atoms with E-state index in [1.54, 1.807) is 24.3 Å². The van der Waals surface area contributed by atoms with Crippen LogP contribution in [-0.2, 0) is 9.53 Å². The minimum absolute atomic E-state index is 0.0203. The first-order valence-corrected chi connectivity index (χ1v) is 7.88. The van der Waals surface area contributed by atoms with Crippen LogP contribution < -0.4 is 5.32 Å². The Bertz CT molecular complexity index is 1050. The molecule has 2 aromatic carbocycles. The van der Waals surface area contributed by atoms with Gasteiger partial charge in [-0.1, -0.05) is 18.2 Å². The summed E-state index contributed by atoms with van der Waals surface area (Å²) in [7, 11) is 0. The number of hydrogen-bond acceptors (Lipinski definition) is 7. The predicted molar refractivity (Wildman–Crippen MR) is 96.3 cm³/mol. The van der Waals surface area contributed by atoms with Gasteiger partial charge in [-0.25, -0.2) is 9.78 Å². The Labute approximate surface area is 153 Å². The van der Waals surface area contributed by atoms with E-state index in [1.165, 1.54) is 31.3 Å². The van der Waals surface area contributed by atoms with E-state index < -0.39 is 23.4 Å². The minimum Gasteiger partial charge on any atom is -0.451 e. The summed E-state index contributed by atoms with van der Waals surface area (Å²) in [5.74, 6) is -1.42. The number of esters is 1. The molecule has 9 nitrogen and oxygen atoms in total. The normalized spacial score (nSPS) is 10.4. The fraction of sp³-hybridized carbons (Fsp3) is 0.111. The average molecular weight is 366 g/mol. The summed E-state index contributed by atoms with van der Waals surface area (Å²) in [6.45, 7) is 0.958. The molecule has 0 radical (unpaired) electrons. The van der Waals surface area contributed by atoms with Crippen LogP contribution >= 0.6 is 0 Å². The zero-order chi connectivity index (χ0) is 19.4. The van der Waals surface area contributed by atoms with Crippen LogP contribution in [-0.4, -0.2) is 33.4 Å². The van der Waals surface area contributed by atoms with Gasteiger partial charge in [0.05, 0.1) is 33.4 Å². The number of carbonyl (C=O) groups is 2. The van der Waals surface area contributed by atoms with E-state index in [0.717, 1.165) is 0 Å². The number of nitro groups is 1. The summed E-state index contributed by atoms with van der Waals surface area (Å²) in [6, 6.07) is 11.3. The SMILES string of the molecule is Cc1c(NC(=O)COC(=O)c2cnc3ccccc3n2)cccc1[N+](=O)[O-]. The average Bonchev–Trinajstić information content (AvgIpc) is 2.67. The standard InChI is InChI=1S/C18H14N4O5/c1-11-12(7-4-8-16(11)22(25)26)21-17(23)10-27-18(24)15-9-19-13-5-2-3-6-14(13)20-15/h2-9H,10H2,1H3,(H,21,23). The van der Waals surface area contributed by atoms with Crippen molar-refractivity contribution in [2.45, 2.75) is 6.92 Å². The number of ether oxygens (including phenoxy) is 1. The molecule has 1 N–H and O–H groups in total. The van der Waals surface area contributed by atoms with Crippen molar-refractivity contribution in [3.63, 3.8) is 0 Å². The van der Waals surface area contributed by atoms with Crippen LogP contribution in [0.1, 0.15) is 16.1 Å². The van der Waals surface area contributed by atoms with E-state index in [4.69, 9.17) is 4.74 Å². The van der Waals surface area contributed by atoms with Crippen molar-refractivity contribution in [3.8, 4) is 0 Å². The van der Waals surface area contributed by atoms with E-state index in [1.807, 2.05) is 0 Å². The van der Waals surface area contributed by atoms with Crippen molar-refractivity contribution in [3.05, 3.63) is 70.0 Å². The van der Waals surface area contributed by atoms with E-state index in [0.29, 0.717) is 16.6 Å². The number of fused-ring (bicyclic) bond motifs is 1. The highest BCUT2D eigenvalue weighted by Crippen LogP contribution is 2.24. The van der Waals surface area contributed by atoms with Gasteiger partial charge in [0.1, 0.15) is 0 Å². The number of anilines is 1. The van der Waals surface area contributed by atoms with Crippen LogP contribution in [0.3, 0.4) is 0 Å². The third kappa shape index (κ3) is 4.03. The van der Waals surface area contributed by atoms with Gasteiger partial charge in [0, 0.05) is 6.07 Å². The van der Waals surface area contributed by atoms with Gasteiger partial charge in [-0.15, -0.1) is 0 Å². The first kappa shape index (κ1) is 17.9. The van der Waals surface area contributed by atoms with E-state index in [-0.39, 0.29) is 17.1 Å². The molecular formula is C18H14N4O5. The molecule has 0 saturated carbocycles. The molecule has 0 aliphatic rings. The lowest BCUT2D eigenvalue weighted by molar-refractivity contribution is -0.385. The predicted octanol–water partition coefficient (Wildman–Crippen LogP) is 2.64. The zero-order valence-corrected chi connectivity index (χ0v) is 14.2. The number of para-hydroxylation sites is 2. The zero-order valence-electron chi connectivity index (χ0n) is 14.2. The van der Waals surface area contributed by atoms with Crippen molar-refractivity contribution >= 4 is 34.3 Å². The molecule has 0 atom stereocenters. The molecule has 1 aromatic heterocycles. The van der Waals surface area contributed by atoms with Crippen molar-refractivity contribution < 1.29 is 19.2 Å². The number of amides is 1. The molecule has 3 aromatic rings. The van der Waals surface area contributed by atoms with E-state index in [2.05, 4.69) is 15.3 Å². The number of hydrogen-bond donors (Lipinski definition) is 1. The van der Waals surface area contributed by atoms with Gasteiger partial charge in [-0.05, 0) is 25.1 Å². The van der Waals surface area contributed by atoms with Crippen LogP contribution in [0.5, 0.6) is 0 Å². The Kier molecular flexibility index (Phi) is 5.02. The van der Waals surface area contributed by atoms with Gasteiger partial charge in [0.25, 0.3) is 11.6 Å². The highest BCUT2D eigenvalue weighted by Gasteiger charge is 2.16. The fourth-order valence-electron chi connectivity index (χ4n) is 2.40. The second-order valence-electron chi connectivity index (χ2n) is 5.58. The van der Waals surface area contributed by atoms with Crippen molar-refractivity contribution in [1.82, 2.24) is 9.97 Å². The number of aromatic nitrogens is 2. The van der Waals surface area contributed by atoms with Gasteiger partial charge < -0.3 is 10.1 Å². The van der Waals surface area contributed by atoms with E-state index >= 15 is 0 Å². The summed E-state index contributed by atoms with van der Waals surface area (Å²) < 4.78 is 4.94. The van der Waals surface area contributed by atoms with Crippen LogP contribution in [0, 0.1) is 17.0 Å². The molecule has 27 heavy (non-hydrogen) atoms. The second-order valence-corrected chi connectivity index (χ2v) is 5.58. The molecule has 0 unspecified atom stereocenters. The molecule has 0 bridgehead atoms. The molecule has 0 aliphatic heterocycles. The quantitative estimate of drug-likeness (QED) is 0.418. The van der Waals surface area contributed by atoms with Crippen LogP contribution in [0.25, 0.3) is 11.0 Å². The molecule has 0 saturated heterocycles. The summed E-state index contributed by atoms with van der Waals surface area (Å²) >= 11 is 0. The Morgan fingerprint density at radius 1 is 1.15 bits per heavy atom. The van der Waals surface area contributed by atoms with Crippen LogP contribution in [0.2, 0.25) is 0 Å². The number of rotatable bonds is 5. The maximum absolute atomic E-state index is 12.1. The van der Waals surface area contributed by atoms with Gasteiger partial charge in [0.2, 0.25) is 0 Å². The Balaban J connectivity index is 1.64. The van der Waals surface area contributed by atoms with Crippen molar-refractivity contribution in [2.24, 2.45) is 0 Å². The summed E-state index contributed by atoms with van der Waals surface area (Å²) in [5, 5.41) is 13.4. The smallest absolute Gasteiger partial charge is 0.359 e. The second kappa shape index (κ2) is 7.56. The highest BCUT2D eigenvalue weighted by atomic mass is 16.6. The van der Waals surface area contributed by atoms with E-state index in [9.17, 15) is 19.7 Å². The third-order valence-corrected chi connectivity index (χ3v) is 3.77. The number of benzene rings is 2. The lowest BCUT2D eigenvalue weighted by Crippen LogP contribution is -2.22. The molecule has 3 rings (SSSR count). The van der Waals surface area contributed by atoms with Gasteiger partial charge in [-0.3, -0.25) is 19.9 Å². The maximum Gasteiger partial charge on any atom is 0.359 e. The lowest BCUT2D eigenvalue weighted by atomic mass is 10.1. The molecule has 1 amide bonds. The Morgan fingerprint density at radius 3 is 2.63 bits per heavy atom. The first-order chi connectivity index (χ1) is 13.0. The molecular weight excluding hydrogens is 352 g/mol. The van der Waals surface area contributed by atoms with Crippen molar-refractivity contribution in [2.75, 3.05) is 11.9 Å². The third-order valence-electron chi connectivity index (χ3n) is 3.77. The summed E-state index contributed by atoms with van der Waals surface area (Å²) in [4.78, 5) is 42.7. The molecule has 1 heterocycles. The topological polar surface area (TPSA) is 124 Å². The highest BCUT2D eigenvalue weighted by molar-refractivity contribution is 5.96.